The first kappa shape index (κ1) is 17.1. The maximum atomic E-state index is 6.36. The zero-order valence-electron chi connectivity index (χ0n) is 13.2. The summed E-state index contributed by atoms with van der Waals surface area (Å²) in [6.07, 6.45) is 4.97. The molecule has 0 aromatic heterocycles. The number of halogens is 2. The van der Waals surface area contributed by atoms with Gasteiger partial charge in [0.2, 0.25) is 0 Å². The molecule has 2 nitrogen and oxygen atoms in total. The SMILES string of the molecule is CN(C1CCC(C)(C)CC1)C(CN)c1cc(Cl)ccc1Cl. The summed E-state index contributed by atoms with van der Waals surface area (Å²) >= 11 is 12.5. The summed E-state index contributed by atoms with van der Waals surface area (Å²) in [6, 6.07) is 6.33. The Balaban J connectivity index is 2.15. The number of nitrogens with two attached hydrogens (primary N) is 1. The largest absolute Gasteiger partial charge is 0.329 e. The minimum absolute atomic E-state index is 0.127. The van der Waals surface area contributed by atoms with E-state index in [9.17, 15) is 0 Å². The van der Waals surface area contributed by atoms with E-state index in [1.165, 1.54) is 25.7 Å². The number of hydrogen-bond acceptors (Lipinski definition) is 2. The van der Waals surface area contributed by atoms with Crippen LogP contribution in [0.3, 0.4) is 0 Å². The molecular formula is C17H26Cl2N2. The minimum Gasteiger partial charge on any atom is -0.329 e. The van der Waals surface area contributed by atoms with Crippen LogP contribution in [-0.4, -0.2) is 24.5 Å². The van der Waals surface area contributed by atoms with Gasteiger partial charge in [-0.1, -0.05) is 37.0 Å². The Kier molecular flexibility index (Phi) is 5.59. The topological polar surface area (TPSA) is 29.3 Å². The normalized spacial score (nSPS) is 20.7. The van der Waals surface area contributed by atoms with E-state index in [2.05, 4.69) is 25.8 Å². The molecule has 0 heterocycles. The summed E-state index contributed by atoms with van der Waals surface area (Å²) < 4.78 is 0. The van der Waals surface area contributed by atoms with Crippen LogP contribution in [0.4, 0.5) is 0 Å². The van der Waals surface area contributed by atoms with Crippen LogP contribution < -0.4 is 5.73 Å². The molecule has 0 bridgehead atoms. The van der Waals surface area contributed by atoms with Crippen LogP contribution in [0, 0.1) is 5.41 Å². The summed E-state index contributed by atoms with van der Waals surface area (Å²) in [7, 11) is 2.16. The molecule has 0 saturated heterocycles. The van der Waals surface area contributed by atoms with Crippen LogP contribution in [0.15, 0.2) is 18.2 Å². The Morgan fingerprint density at radius 2 is 1.90 bits per heavy atom. The Bertz CT molecular complexity index is 478. The number of hydrogen-bond donors (Lipinski definition) is 1. The van der Waals surface area contributed by atoms with E-state index in [-0.39, 0.29) is 6.04 Å². The highest BCUT2D eigenvalue weighted by Crippen LogP contribution is 2.39. The van der Waals surface area contributed by atoms with Gasteiger partial charge in [0.25, 0.3) is 0 Å². The highest BCUT2D eigenvalue weighted by Gasteiger charge is 2.32. The molecule has 1 atom stereocenters. The van der Waals surface area contributed by atoms with Gasteiger partial charge in [0, 0.05) is 28.7 Å². The maximum Gasteiger partial charge on any atom is 0.0485 e. The fraction of sp³-hybridized carbons (Fsp3) is 0.647. The molecule has 1 aromatic carbocycles. The average Bonchev–Trinajstić information content (AvgIpc) is 2.43. The van der Waals surface area contributed by atoms with Gasteiger partial charge in [-0.25, -0.2) is 0 Å². The summed E-state index contributed by atoms with van der Waals surface area (Å²) in [4.78, 5) is 2.40. The van der Waals surface area contributed by atoms with E-state index in [1.54, 1.807) is 0 Å². The molecule has 118 valence electrons. The predicted octanol–water partition coefficient (Wildman–Crippen LogP) is 4.89. The molecule has 2 N–H and O–H groups in total. The van der Waals surface area contributed by atoms with Crippen LogP contribution in [0.1, 0.15) is 51.1 Å². The van der Waals surface area contributed by atoms with Crippen molar-refractivity contribution in [3.05, 3.63) is 33.8 Å². The Hall–Kier alpha value is -0.280. The van der Waals surface area contributed by atoms with Crippen LogP contribution in [0.2, 0.25) is 10.0 Å². The van der Waals surface area contributed by atoms with Gasteiger partial charge in [-0.3, -0.25) is 4.90 Å². The summed E-state index contributed by atoms with van der Waals surface area (Å²) in [5.41, 5.74) is 7.56. The monoisotopic (exact) mass is 328 g/mol. The van der Waals surface area contributed by atoms with Gasteiger partial charge in [-0.2, -0.15) is 0 Å². The van der Waals surface area contributed by atoms with Gasteiger partial charge in [-0.05, 0) is 61.9 Å². The van der Waals surface area contributed by atoms with E-state index in [0.717, 1.165) is 10.6 Å². The molecule has 1 aromatic rings. The predicted molar refractivity (Wildman–Crippen MR) is 92.1 cm³/mol. The average molecular weight is 329 g/mol. The lowest BCUT2D eigenvalue weighted by molar-refractivity contribution is 0.0967. The summed E-state index contributed by atoms with van der Waals surface area (Å²) in [5.74, 6) is 0. The Morgan fingerprint density at radius 3 is 2.48 bits per heavy atom. The van der Waals surface area contributed by atoms with E-state index in [1.807, 2.05) is 18.2 Å². The number of rotatable bonds is 4. The standard InChI is InChI=1S/C17H26Cl2N2/c1-17(2)8-6-13(7-9-17)21(3)16(11-20)14-10-12(18)4-5-15(14)19/h4-5,10,13,16H,6-9,11,20H2,1-3H3. The highest BCUT2D eigenvalue weighted by atomic mass is 35.5. The number of nitrogens with zero attached hydrogens (tertiary/aromatic N) is 1. The smallest absolute Gasteiger partial charge is 0.0485 e. The lowest BCUT2D eigenvalue weighted by Crippen LogP contribution is -2.41. The summed E-state index contributed by atoms with van der Waals surface area (Å²) in [6.45, 7) is 5.27. The molecular weight excluding hydrogens is 303 g/mol. The molecule has 2 rings (SSSR count). The second kappa shape index (κ2) is 6.87. The van der Waals surface area contributed by atoms with Gasteiger partial charge < -0.3 is 5.73 Å². The third kappa shape index (κ3) is 4.13. The van der Waals surface area contributed by atoms with Crippen LogP contribution >= 0.6 is 23.2 Å². The molecule has 1 unspecified atom stereocenters. The molecule has 4 heteroatoms. The molecule has 1 saturated carbocycles. The second-order valence-electron chi connectivity index (χ2n) is 6.98. The maximum absolute atomic E-state index is 6.36. The summed E-state index contributed by atoms with van der Waals surface area (Å²) in [5, 5.41) is 1.46. The van der Waals surface area contributed by atoms with Gasteiger partial charge in [0.15, 0.2) is 0 Å². The first-order valence-corrected chi connectivity index (χ1v) is 8.46. The Labute approximate surface area is 138 Å². The van der Waals surface area contributed by atoms with Crippen molar-refractivity contribution in [1.82, 2.24) is 4.90 Å². The second-order valence-corrected chi connectivity index (χ2v) is 7.82. The highest BCUT2D eigenvalue weighted by molar-refractivity contribution is 6.33. The zero-order valence-corrected chi connectivity index (χ0v) is 14.7. The van der Waals surface area contributed by atoms with Crippen molar-refractivity contribution in [2.75, 3.05) is 13.6 Å². The third-order valence-corrected chi connectivity index (χ3v) is 5.50. The first-order valence-electron chi connectivity index (χ1n) is 7.71. The van der Waals surface area contributed by atoms with Crippen molar-refractivity contribution in [3.8, 4) is 0 Å². The van der Waals surface area contributed by atoms with Gasteiger partial charge in [0.05, 0.1) is 0 Å². The Morgan fingerprint density at radius 1 is 1.29 bits per heavy atom. The van der Waals surface area contributed by atoms with E-state index in [4.69, 9.17) is 28.9 Å². The third-order valence-electron chi connectivity index (χ3n) is 4.92. The number of benzene rings is 1. The quantitative estimate of drug-likeness (QED) is 0.852. The van der Waals surface area contributed by atoms with Gasteiger partial charge >= 0.3 is 0 Å². The van der Waals surface area contributed by atoms with Crippen LogP contribution in [0.5, 0.6) is 0 Å². The van der Waals surface area contributed by atoms with Crippen molar-refractivity contribution in [2.24, 2.45) is 11.1 Å². The fourth-order valence-corrected chi connectivity index (χ4v) is 3.75. The molecule has 0 radical (unpaired) electrons. The molecule has 21 heavy (non-hydrogen) atoms. The van der Waals surface area contributed by atoms with Gasteiger partial charge in [-0.15, -0.1) is 0 Å². The van der Waals surface area contributed by atoms with Crippen molar-refractivity contribution in [1.29, 1.82) is 0 Å². The van der Waals surface area contributed by atoms with Crippen molar-refractivity contribution in [3.63, 3.8) is 0 Å². The van der Waals surface area contributed by atoms with E-state index < -0.39 is 0 Å². The van der Waals surface area contributed by atoms with Crippen LogP contribution in [0.25, 0.3) is 0 Å². The molecule has 1 fully saturated rings. The van der Waals surface area contributed by atoms with Crippen molar-refractivity contribution in [2.45, 2.75) is 51.6 Å². The van der Waals surface area contributed by atoms with Crippen molar-refractivity contribution < 1.29 is 0 Å². The molecule has 1 aliphatic rings. The number of likely N-dealkylation sites (N-methyl/N-ethyl adjacent to an activating group) is 1. The minimum atomic E-state index is 0.127. The van der Waals surface area contributed by atoms with Gasteiger partial charge in [0.1, 0.15) is 0 Å². The lowest BCUT2D eigenvalue weighted by Gasteiger charge is -2.41. The van der Waals surface area contributed by atoms with Crippen molar-refractivity contribution >= 4 is 23.2 Å². The molecule has 1 aliphatic carbocycles. The van der Waals surface area contributed by atoms with E-state index >= 15 is 0 Å². The lowest BCUT2D eigenvalue weighted by atomic mass is 9.75. The van der Waals surface area contributed by atoms with Crippen LogP contribution in [-0.2, 0) is 0 Å². The fourth-order valence-electron chi connectivity index (χ4n) is 3.33. The first-order chi connectivity index (χ1) is 9.84. The molecule has 0 amide bonds. The molecule has 0 spiro atoms. The zero-order chi connectivity index (χ0) is 15.6. The molecule has 0 aliphatic heterocycles. The van der Waals surface area contributed by atoms with E-state index in [0.29, 0.717) is 23.0 Å².